The van der Waals surface area contributed by atoms with Crippen molar-refractivity contribution >= 4 is 0 Å². The van der Waals surface area contributed by atoms with Crippen molar-refractivity contribution in [2.75, 3.05) is 6.61 Å². The van der Waals surface area contributed by atoms with Gasteiger partial charge < -0.3 is 20.4 Å². The predicted octanol–water partition coefficient (Wildman–Crippen LogP) is -1.61. The zero-order chi connectivity index (χ0) is 8.48. The van der Waals surface area contributed by atoms with Gasteiger partial charge >= 0.3 is 0 Å². The van der Waals surface area contributed by atoms with E-state index in [4.69, 9.17) is 10.2 Å². The first kappa shape index (κ1) is 8.67. The molecule has 0 aromatic rings. The van der Waals surface area contributed by atoms with Gasteiger partial charge in [0.05, 0.1) is 12.7 Å². The molecule has 64 valence electrons. The number of rotatable bonds is 1. The average Bonchev–Trinajstić information content (AvgIpc) is 2.00. The van der Waals surface area contributed by atoms with E-state index in [1.165, 1.54) is 6.08 Å². The molecule has 1 rings (SSSR count). The molecule has 0 radical (unpaired) electrons. The van der Waals surface area contributed by atoms with E-state index < -0.39 is 24.4 Å². The smallest absolute Gasteiger partial charge is 0.143 e. The highest BCUT2D eigenvalue weighted by Crippen LogP contribution is 2.23. The van der Waals surface area contributed by atoms with Crippen molar-refractivity contribution < 1.29 is 20.4 Å². The fourth-order valence-electron chi connectivity index (χ4n) is 1.10. The first-order valence-electron chi connectivity index (χ1n) is 3.47. The highest BCUT2D eigenvalue weighted by molar-refractivity contribution is 5.10. The molecule has 4 nitrogen and oxygen atoms in total. The Balaban J connectivity index is 2.82. The maximum atomic E-state index is 9.42. The van der Waals surface area contributed by atoms with Gasteiger partial charge in [-0.1, -0.05) is 12.2 Å². The molecular formula is C7H12O4. The van der Waals surface area contributed by atoms with Gasteiger partial charge in [-0.25, -0.2) is 0 Å². The van der Waals surface area contributed by atoms with Crippen LogP contribution in [0.2, 0.25) is 0 Å². The Morgan fingerprint density at radius 1 is 1.45 bits per heavy atom. The molecule has 1 aliphatic rings. The lowest BCUT2D eigenvalue weighted by Crippen LogP contribution is -2.55. The molecule has 3 atom stereocenters. The SMILES string of the molecule is OC[C@@]1(O)[C@H](O)C=CC[C@H]1O. The van der Waals surface area contributed by atoms with E-state index >= 15 is 0 Å². The fraction of sp³-hybridized carbons (Fsp3) is 0.714. The molecule has 0 spiro atoms. The molecule has 0 aromatic carbocycles. The fourth-order valence-corrected chi connectivity index (χ4v) is 1.10. The van der Waals surface area contributed by atoms with Crippen LogP contribution in [0.5, 0.6) is 0 Å². The summed E-state index contributed by atoms with van der Waals surface area (Å²) >= 11 is 0. The second-order valence-electron chi connectivity index (χ2n) is 2.77. The van der Waals surface area contributed by atoms with Crippen LogP contribution in [0.1, 0.15) is 6.42 Å². The van der Waals surface area contributed by atoms with E-state index in [9.17, 15) is 10.2 Å². The average molecular weight is 160 g/mol. The molecule has 0 aliphatic heterocycles. The van der Waals surface area contributed by atoms with Gasteiger partial charge in [0.2, 0.25) is 0 Å². The Kier molecular flexibility index (Phi) is 2.29. The molecule has 0 saturated heterocycles. The third-order valence-corrected chi connectivity index (χ3v) is 2.02. The first-order chi connectivity index (χ1) is 5.11. The lowest BCUT2D eigenvalue weighted by molar-refractivity contribution is -0.157. The Labute approximate surface area is 64.4 Å². The zero-order valence-electron chi connectivity index (χ0n) is 6.01. The van der Waals surface area contributed by atoms with Crippen LogP contribution in [-0.4, -0.2) is 44.8 Å². The monoisotopic (exact) mass is 160 g/mol. The number of hydrogen-bond acceptors (Lipinski definition) is 4. The van der Waals surface area contributed by atoms with E-state index in [1.54, 1.807) is 6.08 Å². The van der Waals surface area contributed by atoms with E-state index in [-0.39, 0.29) is 6.42 Å². The number of hydrogen-bond donors (Lipinski definition) is 4. The van der Waals surface area contributed by atoms with Gasteiger partial charge in [0, 0.05) is 0 Å². The van der Waals surface area contributed by atoms with Crippen LogP contribution in [-0.2, 0) is 0 Å². The Morgan fingerprint density at radius 2 is 2.09 bits per heavy atom. The third kappa shape index (κ3) is 1.30. The molecule has 4 N–H and O–H groups in total. The van der Waals surface area contributed by atoms with Crippen molar-refractivity contribution in [2.45, 2.75) is 24.2 Å². The summed E-state index contributed by atoms with van der Waals surface area (Å²) < 4.78 is 0. The number of aliphatic hydroxyl groups is 4. The van der Waals surface area contributed by atoms with Crippen LogP contribution in [0.4, 0.5) is 0 Å². The van der Waals surface area contributed by atoms with E-state index in [1.807, 2.05) is 0 Å². The van der Waals surface area contributed by atoms with Crippen LogP contribution in [0.25, 0.3) is 0 Å². The van der Waals surface area contributed by atoms with Gasteiger partial charge in [-0.05, 0) is 6.42 Å². The van der Waals surface area contributed by atoms with Crippen molar-refractivity contribution in [3.05, 3.63) is 12.2 Å². The van der Waals surface area contributed by atoms with Crippen molar-refractivity contribution in [3.63, 3.8) is 0 Å². The van der Waals surface area contributed by atoms with Gasteiger partial charge in [0.1, 0.15) is 11.7 Å². The standard InChI is InChI=1S/C7H12O4/c8-4-7(11)5(9)2-1-3-6(7)10/h1-2,5-6,8-11H,3-4H2/t5-,6-,7-/m1/s1. The molecule has 0 bridgehead atoms. The molecule has 0 aromatic heterocycles. The van der Waals surface area contributed by atoms with Crippen LogP contribution in [0.3, 0.4) is 0 Å². The Morgan fingerprint density at radius 3 is 2.45 bits per heavy atom. The normalized spacial score (nSPS) is 44.4. The highest BCUT2D eigenvalue weighted by Gasteiger charge is 2.42. The Hall–Kier alpha value is -0.420. The molecule has 0 unspecified atom stereocenters. The maximum Gasteiger partial charge on any atom is 0.143 e. The van der Waals surface area contributed by atoms with Crippen molar-refractivity contribution in [2.24, 2.45) is 0 Å². The van der Waals surface area contributed by atoms with Crippen LogP contribution in [0.15, 0.2) is 12.2 Å². The van der Waals surface area contributed by atoms with Crippen LogP contribution >= 0.6 is 0 Å². The van der Waals surface area contributed by atoms with Gasteiger partial charge in [0.25, 0.3) is 0 Å². The summed E-state index contributed by atoms with van der Waals surface area (Å²) in [7, 11) is 0. The molecule has 1 aliphatic carbocycles. The third-order valence-electron chi connectivity index (χ3n) is 2.02. The van der Waals surface area contributed by atoms with E-state index in [0.29, 0.717) is 0 Å². The summed E-state index contributed by atoms with van der Waals surface area (Å²) in [4.78, 5) is 0. The topological polar surface area (TPSA) is 80.9 Å². The van der Waals surface area contributed by atoms with E-state index in [0.717, 1.165) is 0 Å². The summed E-state index contributed by atoms with van der Waals surface area (Å²) in [6, 6.07) is 0. The molecule has 4 heteroatoms. The second-order valence-corrected chi connectivity index (χ2v) is 2.77. The summed E-state index contributed by atoms with van der Waals surface area (Å²) in [6.45, 7) is -0.639. The summed E-state index contributed by atoms with van der Waals surface area (Å²) in [5.74, 6) is 0. The quantitative estimate of drug-likeness (QED) is 0.348. The minimum atomic E-state index is -1.78. The predicted molar refractivity (Wildman–Crippen MR) is 37.8 cm³/mol. The molecule has 0 fully saturated rings. The molecule has 0 amide bonds. The summed E-state index contributed by atoms with van der Waals surface area (Å²) in [6.07, 6.45) is 0.917. The van der Waals surface area contributed by atoms with Crippen LogP contribution < -0.4 is 0 Å². The largest absolute Gasteiger partial charge is 0.393 e. The molecule has 11 heavy (non-hydrogen) atoms. The summed E-state index contributed by atoms with van der Waals surface area (Å²) in [5.41, 5.74) is -1.78. The van der Waals surface area contributed by atoms with Gasteiger partial charge in [0.15, 0.2) is 0 Å². The zero-order valence-corrected chi connectivity index (χ0v) is 6.01. The lowest BCUT2D eigenvalue weighted by Gasteiger charge is -2.36. The molecular weight excluding hydrogens is 148 g/mol. The van der Waals surface area contributed by atoms with Crippen molar-refractivity contribution in [1.29, 1.82) is 0 Å². The minimum Gasteiger partial charge on any atom is -0.393 e. The van der Waals surface area contributed by atoms with E-state index in [2.05, 4.69) is 0 Å². The lowest BCUT2D eigenvalue weighted by atomic mass is 9.85. The minimum absolute atomic E-state index is 0.258. The molecule has 0 saturated carbocycles. The first-order valence-corrected chi connectivity index (χ1v) is 3.47. The van der Waals surface area contributed by atoms with Gasteiger partial charge in [-0.15, -0.1) is 0 Å². The summed E-state index contributed by atoms with van der Waals surface area (Å²) in [5, 5.41) is 36.4. The van der Waals surface area contributed by atoms with Gasteiger partial charge in [-0.3, -0.25) is 0 Å². The van der Waals surface area contributed by atoms with Gasteiger partial charge in [-0.2, -0.15) is 0 Å². The van der Waals surface area contributed by atoms with Crippen molar-refractivity contribution in [3.8, 4) is 0 Å². The number of aliphatic hydroxyl groups excluding tert-OH is 3. The van der Waals surface area contributed by atoms with Crippen LogP contribution in [0, 0.1) is 0 Å². The Bertz CT molecular complexity index is 168. The highest BCUT2D eigenvalue weighted by atomic mass is 16.4. The second kappa shape index (κ2) is 2.91. The maximum absolute atomic E-state index is 9.42. The molecule has 0 heterocycles. The van der Waals surface area contributed by atoms with Crippen molar-refractivity contribution in [1.82, 2.24) is 0 Å².